The maximum absolute atomic E-state index is 11.7. The second-order valence-electron chi connectivity index (χ2n) is 4.93. The van der Waals surface area contributed by atoms with E-state index >= 15 is 0 Å². The molecule has 0 spiro atoms. The van der Waals surface area contributed by atoms with E-state index < -0.39 is 12.0 Å². The number of hydrogen-bond acceptors (Lipinski definition) is 4. The van der Waals surface area contributed by atoms with Crippen molar-refractivity contribution in [3.8, 4) is 5.75 Å². The fourth-order valence-corrected chi connectivity index (χ4v) is 3.13. The van der Waals surface area contributed by atoms with Crippen LogP contribution in [0.25, 0.3) is 0 Å². The lowest BCUT2D eigenvalue weighted by molar-refractivity contribution is -0.145. The first-order chi connectivity index (χ1) is 9.54. The van der Waals surface area contributed by atoms with Gasteiger partial charge in [0.25, 0.3) is 0 Å². The van der Waals surface area contributed by atoms with Crippen LogP contribution in [0.1, 0.15) is 18.5 Å². The summed E-state index contributed by atoms with van der Waals surface area (Å²) in [5.41, 5.74) is 0.763. The first-order valence-electron chi connectivity index (χ1n) is 6.57. The predicted molar refractivity (Wildman–Crippen MR) is 80.1 cm³/mol. The molecule has 2 N–H and O–H groups in total. The highest BCUT2D eigenvalue weighted by Crippen LogP contribution is 2.31. The van der Waals surface area contributed by atoms with Crippen LogP contribution in [0.5, 0.6) is 5.75 Å². The average molecular weight is 343 g/mol. The number of nitrogens with zero attached hydrogens (tertiary/aromatic N) is 1. The summed E-state index contributed by atoms with van der Waals surface area (Å²) in [7, 11) is 1.59. The predicted octanol–water partition coefficient (Wildman–Crippen LogP) is 1.88. The quantitative estimate of drug-likeness (QED) is 0.874. The molecule has 0 saturated carbocycles. The Kier molecular flexibility index (Phi) is 5.01. The summed E-state index contributed by atoms with van der Waals surface area (Å²) < 4.78 is 5.96. The molecule has 0 bridgehead atoms. The Morgan fingerprint density at radius 1 is 1.60 bits per heavy atom. The summed E-state index contributed by atoms with van der Waals surface area (Å²) in [4.78, 5) is 13.7. The van der Waals surface area contributed by atoms with Crippen LogP contribution in [0.15, 0.2) is 22.7 Å². The number of carboxylic acid groups (broad SMARTS) is 1. The van der Waals surface area contributed by atoms with Gasteiger partial charge in [0.15, 0.2) is 0 Å². The Labute approximate surface area is 127 Å². The lowest BCUT2D eigenvalue weighted by Gasteiger charge is -2.38. The van der Waals surface area contributed by atoms with Crippen molar-refractivity contribution in [3.05, 3.63) is 28.2 Å². The van der Waals surface area contributed by atoms with Crippen LogP contribution in [-0.2, 0) is 4.79 Å². The third-order valence-electron chi connectivity index (χ3n) is 3.61. The van der Waals surface area contributed by atoms with Crippen LogP contribution in [0.2, 0.25) is 0 Å². The number of benzene rings is 1. The maximum Gasteiger partial charge on any atom is 0.325 e. The van der Waals surface area contributed by atoms with Crippen molar-refractivity contribution in [1.29, 1.82) is 0 Å². The van der Waals surface area contributed by atoms with E-state index in [4.69, 9.17) is 4.74 Å². The molecular formula is C14H19BrN2O3. The molecule has 0 aromatic heterocycles. The number of methoxy groups -OCH3 is 1. The van der Waals surface area contributed by atoms with Crippen molar-refractivity contribution in [2.45, 2.75) is 19.0 Å². The lowest BCUT2D eigenvalue weighted by atomic mass is 10.0. The van der Waals surface area contributed by atoms with Gasteiger partial charge in [-0.1, -0.05) is 6.07 Å². The number of aliphatic carboxylic acids is 1. The highest BCUT2D eigenvalue weighted by molar-refractivity contribution is 9.10. The second kappa shape index (κ2) is 6.56. The topological polar surface area (TPSA) is 61.8 Å². The first kappa shape index (κ1) is 15.3. The number of carbonyl (C=O) groups is 1. The van der Waals surface area contributed by atoms with Crippen LogP contribution in [0.3, 0.4) is 0 Å². The molecule has 2 atom stereocenters. The highest BCUT2D eigenvalue weighted by atomic mass is 79.9. The Hall–Kier alpha value is -1.11. The standard InChI is InChI=1S/C14H19BrN2O3/c1-9-8-16-5-6-17(9)13(14(18)19)10-3-4-12(20-2)11(15)7-10/h3-4,7,9,13,16H,5-6,8H2,1-2H3,(H,18,19). The summed E-state index contributed by atoms with van der Waals surface area (Å²) in [6.07, 6.45) is 0. The van der Waals surface area contributed by atoms with Crippen LogP contribution < -0.4 is 10.1 Å². The number of carboxylic acids is 1. The van der Waals surface area contributed by atoms with Gasteiger partial charge in [-0.3, -0.25) is 9.69 Å². The van der Waals surface area contributed by atoms with Crippen molar-refractivity contribution in [3.63, 3.8) is 0 Å². The Bertz CT molecular complexity index is 495. The van der Waals surface area contributed by atoms with E-state index in [-0.39, 0.29) is 6.04 Å². The zero-order valence-corrected chi connectivity index (χ0v) is 13.2. The van der Waals surface area contributed by atoms with E-state index in [1.54, 1.807) is 13.2 Å². The molecule has 0 aliphatic carbocycles. The fraction of sp³-hybridized carbons (Fsp3) is 0.500. The largest absolute Gasteiger partial charge is 0.496 e. The normalized spacial score (nSPS) is 21.4. The molecule has 1 aliphatic heterocycles. The number of ether oxygens (including phenoxy) is 1. The van der Waals surface area contributed by atoms with E-state index in [9.17, 15) is 9.90 Å². The molecule has 5 nitrogen and oxygen atoms in total. The number of hydrogen-bond donors (Lipinski definition) is 2. The van der Waals surface area contributed by atoms with E-state index in [0.29, 0.717) is 5.75 Å². The number of halogens is 1. The van der Waals surface area contributed by atoms with E-state index in [2.05, 4.69) is 21.2 Å². The molecule has 6 heteroatoms. The highest BCUT2D eigenvalue weighted by Gasteiger charge is 2.32. The molecule has 1 fully saturated rings. The summed E-state index contributed by atoms with van der Waals surface area (Å²) in [5.74, 6) is -0.123. The monoisotopic (exact) mass is 342 g/mol. The number of nitrogens with one attached hydrogen (secondary N) is 1. The summed E-state index contributed by atoms with van der Waals surface area (Å²) in [5, 5.41) is 12.9. The van der Waals surface area contributed by atoms with Gasteiger partial charge in [-0.25, -0.2) is 0 Å². The van der Waals surface area contributed by atoms with Crippen molar-refractivity contribution in [2.75, 3.05) is 26.7 Å². The van der Waals surface area contributed by atoms with Gasteiger partial charge in [-0.15, -0.1) is 0 Å². The Morgan fingerprint density at radius 3 is 2.90 bits per heavy atom. The van der Waals surface area contributed by atoms with Crippen molar-refractivity contribution < 1.29 is 14.6 Å². The minimum Gasteiger partial charge on any atom is -0.496 e. The van der Waals surface area contributed by atoms with Gasteiger partial charge in [0, 0.05) is 25.7 Å². The third kappa shape index (κ3) is 3.13. The summed E-state index contributed by atoms with van der Waals surface area (Å²) in [6.45, 7) is 4.38. The van der Waals surface area contributed by atoms with Crippen LogP contribution in [-0.4, -0.2) is 48.8 Å². The molecule has 2 unspecified atom stereocenters. The van der Waals surface area contributed by atoms with Gasteiger partial charge < -0.3 is 15.2 Å². The van der Waals surface area contributed by atoms with Gasteiger partial charge >= 0.3 is 5.97 Å². The third-order valence-corrected chi connectivity index (χ3v) is 4.23. The minimum absolute atomic E-state index is 0.186. The fourth-order valence-electron chi connectivity index (χ4n) is 2.57. The van der Waals surface area contributed by atoms with Gasteiger partial charge in [-0.2, -0.15) is 0 Å². The van der Waals surface area contributed by atoms with E-state index in [1.807, 2.05) is 24.0 Å². The molecule has 1 heterocycles. The molecule has 0 amide bonds. The van der Waals surface area contributed by atoms with Crippen LogP contribution in [0.4, 0.5) is 0 Å². The molecule has 1 aliphatic rings. The maximum atomic E-state index is 11.7. The van der Waals surface area contributed by atoms with Gasteiger partial charge in [-0.05, 0) is 40.5 Å². The summed E-state index contributed by atoms with van der Waals surface area (Å²) >= 11 is 3.42. The Morgan fingerprint density at radius 2 is 2.35 bits per heavy atom. The molecular weight excluding hydrogens is 324 g/mol. The molecule has 2 rings (SSSR count). The number of piperazine rings is 1. The van der Waals surface area contributed by atoms with Crippen molar-refractivity contribution in [1.82, 2.24) is 10.2 Å². The van der Waals surface area contributed by atoms with Crippen LogP contribution in [0, 0.1) is 0 Å². The minimum atomic E-state index is -0.823. The SMILES string of the molecule is COc1ccc(C(C(=O)O)N2CCNCC2C)cc1Br. The van der Waals surface area contributed by atoms with Crippen LogP contribution >= 0.6 is 15.9 Å². The van der Waals surface area contributed by atoms with E-state index in [1.165, 1.54) is 0 Å². The van der Waals surface area contributed by atoms with Gasteiger partial charge in [0.05, 0.1) is 11.6 Å². The molecule has 20 heavy (non-hydrogen) atoms. The van der Waals surface area contributed by atoms with Crippen molar-refractivity contribution >= 4 is 21.9 Å². The zero-order valence-electron chi connectivity index (χ0n) is 11.6. The van der Waals surface area contributed by atoms with Crippen molar-refractivity contribution in [2.24, 2.45) is 0 Å². The molecule has 1 aromatic carbocycles. The van der Waals surface area contributed by atoms with E-state index in [0.717, 1.165) is 29.7 Å². The summed E-state index contributed by atoms with van der Waals surface area (Å²) in [6, 6.07) is 4.99. The smallest absolute Gasteiger partial charge is 0.325 e. The van der Waals surface area contributed by atoms with Gasteiger partial charge in [0.1, 0.15) is 11.8 Å². The second-order valence-corrected chi connectivity index (χ2v) is 5.78. The average Bonchev–Trinajstić information content (AvgIpc) is 2.41. The van der Waals surface area contributed by atoms with Gasteiger partial charge in [0.2, 0.25) is 0 Å². The molecule has 1 saturated heterocycles. The zero-order chi connectivity index (χ0) is 14.7. The molecule has 0 radical (unpaired) electrons. The molecule has 110 valence electrons. The first-order valence-corrected chi connectivity index (χ1v) is 7.36. The molecule has 1 aromatic rings. The number of rotatable bonds is 4. The Balaban J connectivity index is 2.33. The lowest BCUT2D eigenvalue weighted by Crippen LogP contribution is -2.52.